The molecule has 2 atom stereocenters. The van der Waals surface area contributed by atoms with Gasteiger partial charge in [0.1, 0.15) is 0 Å². The first-order valence-electron chi connectivity index (χ1n) is 7.08. The minimum atomic E-state index is 0.366. The predicted octanol–water partition coefficient (Wildman–Crippen LogP) is 4.80. The van der Waals surface area contributed by atoms with Gasteiger partial charge in [-0.25, -0.2) is 0 Å². The molecule has 1 nitrogen and oxygen atoms in total. The van der Waals surface area contributed by atoms with Crippen LogP contribution < -0.4 is 5.32 Å². The van der Waals surface area contributed by atoms with Crippen molar-refractivity contribution in [1.82, 2.24) is 5.32 Å². The van der Waals surface area contributed by atoms with Crippen LogP contribution in [0.4, 0.5) is 0 Å². The van der Waals surface area contributed by atoms with Crippen molar-refractivity contribution >= 4 is 0 Å². The van der Waals surface area contributed by atoms with Crippen molar-refractivity contribution in [3.63, 3.8) is 0 Å². The van der Waals surface area contributed by atoms with Gasteiger partial charge in [-0.1, -0.05) is 67.1 Å². The molecule has 0 saturated heterocycles. The number of benzene rings is 2. The lowest BCUT2D eigenvalue weighted by Gasteiger charge is -2.23. The summed E-state index contributed by atoms with van der Waals surface area (Å²) in [6.07, 6.45) is 1.10. The van der Waals surface area contributed by atoms with Crippen molar-refractivity contribution in [2.45, 2.75) is 39.3 Å². The summed E-state index contributed by atoms with van der Waals surface area (Å²) in [6, 6.07) is 20.2. The fourth-order valence-electron chi connectivity index (χ4n) is 2.47. The van der Waals surface area contributed by atoms with Gasteiger partial charge in [0.25, 0.3) is 0 Å². The highest BCUT2D eigenvalue weighted by Crippen LogP contribution is 2.22. The van der Waals surface area contributed by atoms with Gasteiger partial charge in [0.15, 0.2) is 0 Å². The standard InChI is InChI=1S/C18H23N/c1-4-18(16-10-6-5-7-11-16)19-15(3)17-12-8-9-14(2)13-17/h5-13,15,18-19H,4H2,1-3H3/t15-,18?/m0/s1. The minimum Gasteiger partial charge on any atom is -0.303 e. The van der Waals surface area contributed by atoms with E-state index in [0.717, 1.165) is 6.42 Å². The van der Waals surface area contributed by atoms with Crippen molar-refractivity contribution in [2.75, 3.05) is 0 Å². The summed E-state index contributed by atoms with van der Waals surface area (Å²) in [4.78, 5) is 0. The molecule has 0 radical (unpaired) electrons. The molecule has 2 aromatic rings. The molecule has 1 heteroatoms. The first kappa shape index (κ1) is 13.8. The van der Waals surface area contributed by atoms with Crippen LogP contribution in [-0.4, -0.2) is 0 Å². The van der Waals surface area contributed by atoms with E-state index >= 15 is 0 Å². The van der Waals surface area contributed by atoms with E-state index in [9.17, 15) is 0 Å². The second kappa shape index (κ2) is 6.53. The third kappa shape index (κ3) is 3.68. The molecule has 1 N–H and O–H groups in total. The molecule has 0 amide bonds. The third-order valence-corrected chi connectivity index (χ3v) is 3.60. The highest BCUT2D eigenvalue weighted by Gasteiger charge is 2.13. The van der Waals surface area contributed by atoms with Crippen LogP contribution >= 0.6 is 0 Å². The maximum atomic E-state index is 3.73. The normalized spacial score (nSPS) is 14.1. The van der Waals surface area contributed by atoms with Crippen molar-refractivity contribution in [3.05, 3.63) is 71.3 Å². The molecule has 0 aliphatic carbocycles. The van der Waals surface area contributed by atoms with Crippen LogP contribution in [0.25, 0.3) is 0 Å². The van der Waals surface area contributed by atoms with Crippen LogP contribution in [0.15, 0.2) is 54.6 Å². The van der Waals surface area contributed by atoms with Gasteiger partial charge >= 0.3 is 0 Å². The maximum Gasteiger partial charge on any atom is 0.0323 e. The van der Waals surface area contributed by atoms with Crippen molar-refractivity contribution in [3.8, 4) is 0 Å². The van der Waals surface area contributed by atoms with Crippen molar-refractivity contribution in [2.24, 2.45) is 0 Å². The number of rotatable bonds is 5. The van der Waals surface area contributed by atoms with Crippen molar-refractivity contribution < 1.29 is 0 Å². The zero-order chi connectivity index (χ0) is 13.7. The van der Waals surface area contributed by atoms with E-state index in [4.69, 9.17) is 0 Å². The molecule has 0 spiro atoms. The Kier molecular flexibility index (Phi) is 4.75. The largest absolute Gasteiger partial charge is 0.303 e. The molecule has 0 aliphatic rings. The van der Waals surface area contributed by atoms with Gasteiger partial charge < -0.3 is 5.32 Å². The molecule has 2 aromatic carbocycles. The first-order chi connectivity index (χ1) is 9.20. The summed E-state index contributed by atoms with van der Waals surface area (Å²) in [6.45, 7) is 6.61. The molecule has 0 aromatic heterocycles. The fourth-order valence-corrected chi connectivity index (χ4v) is 2.47. The Hall–Kier alpha value is -1.60. The third-order valence-electron chi connectivity index (χ3n) is 3.60. The molecule has 100 valence electrons. The van der Waals surface area contributed by atoms with Gasteiger partial charge in [0, 0.05) is 12.1 Å². The van der Waals surface area contributed by atoms with E-state index in [-0.39, 0.29) is 0 Å². The summed E-state index contributed by atoms with van der Waals surface area (Å²) in [5.74, 6) is 0. The van der Waals surface area contributed by atoms with E-state index in [2.05, 4.69) is 80.7 Å². The van der Waals surface area contributed by atoms with E-state index in [0.29, 0.717) is 12.1 Å². The Morgan fingerprint density at radius 2 is 1.63 bits per heavy atom. The molecule has 0 heterocycles. The highest BCUT2D eigenvalue weighted by molar-refractivity contribution is 5.26. The summed E-state index contributed by atoms with van der Waals surface area (Å²) in [5, 5.41) is 3.73. The average Bonchev–Trinajstić information content (AvgIpc) is 2.45. The summed E-state index contributed by atoms with van der Waals surface area (Å²) < 4.78 is 0. The molecular formula is C18H23N. The molecule has 0 aliphatic heterocycles. The van der Waals surface area contributed by atoms with Crippen LogP contribution in [0.3, 0.4) is 0 Å². The lowest BCUT2D eigenvalue weighted by molar-refractivity contribution is 0.456. The number of nitrogens with one attached hydrogen (secondary N) is 1. The minimum absolute atomic E-state index is 0.366. The Morgan fingerprint density at radius 1 is 0.947 bits per heavy atom. The topological polar surface area (TPSA) is 12.0 Å². The van der Waals surface area contributed by atoms with Gasteiger partial charge in [-0.3, -0.25) is 0 Å². The van der Waals surface area contributed by atoms with Crippen LogP contribution in [0.1, 0.15) is 49.0 Å². The molecule has 0 bridgehead atoms. The van der Waals surface area contributed by atoms with E-state index < -0.39 is 0 Å². The first-order valence-corrected chi connectivity index (χ1v) is 7.08. The van der Waals surface area contributed by atoms with Crippen LogP contribution in [0.2, 0.25) is 0 Å². The zero-order valence-corrected chi connectivity index (χ0v) is 12.1. The number of hydrogen-bond donors (Lipinski definition) is 1. The maximum absolute atomic E-state index is 3.73. The van der Waals surface area contributed by atoms with Crippen molar-refractivity contribution in [1.29, 1.82) is 0 Å². The zero-order valence-electron chi connectivity index (χ0n) is 12.1. The summed E-state index contributed by atoms with van der Waals surface area (Å²) in [7, 11) is 0. The van der Waals surface area contributed by atoms with E-state index in [1.54, 1.807) is 0 Å². The number of hydrogen-bond acceptors (Lipinski definition) is 1. The van der Waals surface area contributed by atoms with E-state index in [1.165, 1.54) is 16.7 Å². The number of aryl methyl sites for hydroxylation is 1. The van der Waals surface area contributed by atoms with Crippen LogP contribution in [0.5, 0.6) is 0 Å². The van der Waals surface area contributed by atoms with Crippen LogP contribution in [-0.2, 0) is 0 Å². The molecule has 0 saturated carbocycles. The SMILES string of the molecule is CCC(N[C@@H](C)c1cccc(C)c1)c1ccccc1. The Balaban J connectivity index is 2.10. The Morgan fingerprint density at radius 3 is 2.26 bits per heavy atom. The summed E-state index contributed by atoms with van der Waals surface area (Å²) >= 11 is 0. The fraction of sp³-hybridized carbons (Fsp3) is 0.333. The van der Waals surface area contributed by atoms with Gasteiger partial charge in [-0.05, 0) is 31.4 Å². The Labute approximate surface area is 116 Å². The Bertz CT molecular complexity index is 504. The highest BCUT2D eigenvalue weighted by atomic mass is 14.9. The lowest BCUT2D eigenvalue weighted by Crippen LogP contribution is -2.24. The average molecular weight is 253 g/mol. The molecule has 0 fully saturated rings. The van der Waals surface area contributed by atoms with E-state index in [1.807, 2.05) is 0 Å². The molecular weight excluding hydrogens is 230 g/mol. The lowest BCUT2D eigenvalue weighted by atomic mass is 10.0. The predicted molar refractivity (Wildman–Crippen MR) is 82.2 cm³/mol. The monoisotopic (exact) mass is 253 g/mol. The second-order valence-corrected chi connectivity index (χ2v) is 5.17. The van der Waals surface area contributed by atoms with Gasteiger partial charge in [0.05, 0.1) is 0 Å². The molecule has 19 heavy (non-hydrogen) atoms. The quantitative estimate of drug-likeness (QED) is 0.807. The second-order valence-electron chi connectivity index (χ2n) is 5.17. The summed E-state index contributed by atoms with van der Waals surface area (Å²) in [5.41, 5.74) is 4.04. The van der Waals surface area contributed by atoms with Gasteiger partial charge in [-0.2, -0.15) is 0 Å². The smallest absolute Gasteiger partial charge is 0.0323 e. The van der Waals surface area contributed by atoms with Crippen LogP contribution in [0, 0.1) is 6.92 Å². The molecule has 1 unspecified atom stereocenters. The van der Waals surface area contributed by atoms with Gasteiger partial charge in [-0.15, -0.1) is 0 Å². The molecule has 2 rings (SSSR count). The van der Waals surface area contributed by atoms with Gasteiger partial charge in [0.2, 0.25) is 0 Å².